The van der Waals surface area contributed by atoms with Crippen molar-refractivity contribution in [3.63, 3.8) is 0 Å². The molecule has 3 rings (SSSR count). The highest BCUT2D eigenvalue weighted by Gasteiger charge is 2.17. The number of carbonyl (C=O) groups excluding carboxylic acids is 1. The molecule has 136 valence electrons. The van der Waals surface area contributed by atoms with Gasteiger partial charge >= 0.3 is 0 Å². The summed E-state index contributed by atoms with van der Waals surface area (Å²) >= 11 is 1.39. The second-order valence-electron chi connectivity index (χ2n) is 5.94. The van der Waals surface area contributed by atoms with E-state index in [1.165, 1.54) is 34.4 Å². The lowest BCUT2D eigenvalue weighted by Gasteiger charge is -2.17. The number of fused-ring (bicyclic) bond motifs is 1. The van der Waals surface area contributed by atoms with Gasteiger partial charge in [0.2, 0.25) is 5.91 Å². The Morgan fingerprint density at radius 3 is 2.88 bits per heavy atom. The molecule has 1 amide bonds. The van der Waals surface area contributed by atoms with Crippen molar-refractivity contribution in [2.75, 3.05) is 18.5 Å². The van der Waals surface area contributed by atoms with Crippen LogP contribution in [0.2, 0.25) is 0 Å². The molecule has 0 aliphatic carbocycles. The van der Waals surface area contributed by atoms with Gasteiger partial charge in [0.15, 0.2) is 5.13 Å². The molecule has 3 aromatic rings. The average Bonchev–Trinajstić information content (AvgIpc) is 3.04. The molecule has 1 unspecified atom stereocenters. The van der Waals surface area contributed by atoms with E-state index >= 15 is 0 Å². The maximum absolute atomic E-state index is 13.4. The van der Waals surface area contributed by atoms with Gasteiger partial charge in [0.1, 0.15) is 11.6 Å². The molecule has 9 heteroatoms. The molecule has 1 aromatic carbocycles. The Bertz CT molecular complexity index is 1020. The molecule has 2 N–H and O–H groups in total. The fraction of sp³-hybridized carbons (Fsp3) is 0.294. The van der Waals surface area contributed by atoms with Crippen LogP contribution in [0.15, 0.2) is 28.4 Å². The number of aromatic nitrogens is 3. The van der Waals surface area contributed by atoms with Gasteiger partial charge < -0.3 is 4.98 Å². The van der Waals surface area contributed by atoms with Crippen molar-refractivity contribution in [2.45, 2.75) is 19.9 Å². The Balaban J connectivity index is 1.71. The summed E-state index contributed by atoms with van der Waals surface area (Å²) in [5, 5.41) is 5.83. The summed E-state index contributed by atoms with van der Waals surface area (Å²) in [5.41, 5.74) is 0.788. The first-order valence-electron chi connectivity index (χ1n) is 7.96. The van der Waals surface area contributed by atoms with Crippen molar-refractivity contribution in [1.82, 2.24) is 20.3 Å². The van der Waals surface area contributed by atoms with Gasteiger partial charge in [-0.2, -0.15) is 0 Å². The lowest BCUT2D eigenvalue weighted by atomic mass is 10.2. The predicted molar refractivity (Wildman–Crippen MR) is 99.0 cm³/mol. The summed E-state index contributed by atoms with van der Waals surface area (Å²) in [7, 11) is 1.66. The van der Waals surface area contributed by atoms with E-state index in [0.29, 0.717) is 16.3 Å². The zero-order valence-corrected chi connectivity index (χ0v) is 15.4. The van der Waals surface area contributed by atoms with Crippen LogP contribution in [0.1, 0.15) is 24.5 Å². The number of aromatic amines is 1. The standard InChI is InChI=1S/C17H18FN5O2S/c1-9-8-26-17(20-9)23(3)14(24)7-19-10(2)15-21-13-6-11(18)4-5-12(13)16(25)22-15/h4-6,8,10,19H,7H2,1-3H3,(H,21,22,25). The van der Waals surface area contributed by atoms with Crippen LogP contribution < -0.4 is 15.8 Å². The van der Waals surface area contributed by atoms with E-state index in [9.17, 15) is 14.0 Å². The second kappa shape index (κ2) is 7.30. The topological polar surface area (TPSA) is 91.0 Å². The number of rotatable bonds is 5. The first-order valence-corrected chi connectivity index (χ1v) is 8.84. The minimum Gasteiger partial charge on any atom is -0.309 e. The Morgan fingerprint density at radius 1 is 1.42 bits per heavy atom. The molecule has 0 aliphatic heterocycles. The zero-order chi connectivity index (χ0) is 18.8. The van der Waals surface area contributed by atoms with E-state index in [2.05, 4.69) is 20.3 Å². The van der Waals surface area contributed by atoms with Gasteiger partial charge in [-0.1, -0.05) is 0 Å². The van der Waals surface area contributed by atoms with Gasteiger partial charge in [-0.25, -0.2) is 14.4 Å². The SMILES string of the molecule is Cc1csc(N(C)C(=O)CNC(C)c2nc3cc(F)ccc3c(=O)[nH]2)n1. The van der Waals surface area contributed by atoms with E-state index in [1.54, 1.807) is 14.0 Å². The van der Waals surface area contributed by atoms with Gasteiger partial charge in [0.05, 0.1) is 29.2 Å². The highest BCUT2D eigenvalue weighted by molar-refractivity contribution is 7.14. The number of carbonyl (C=O) groups is 1. The van der Waals surface area contributed by atoms with Crippen LogP contribution in [-0.2, 0) is 4.79 Å². The van der Waals surface area contributed by atoms with Crippen LogP contribution in [0.25, 0.3) is 10.9 Å². The van der Waals surface area contributed by atoms with Crippen LogP contribution >= 0.6 is 11.3 Å². The number of amides is 1. The summed E-state index contributed by atoms with van der Waals surface area (Å²) in [6, 6.07) is 3.43. The number of hydrogen-bond acceptors (Lipinski definition) is 6. The molecule has 1 atom stereocenters. The number of nitrogens with zero attached hydrogens (tertiary/aromatic N) is 3. The van der Waals surface area contributed by atoms with Gasteiger partial charge in [-0.3, -0.25) is 19.8 Å². The summed E-state index contributed by atoms with van der Waals surface area (Å²) in [5.74, 6) is -0.285. The molecular weight excluding hydrogens is 357 g/mol. The van der Waals surface area contributed by atoms with Gasteiger partial charge in [0, 0.05) is 18.5 Å². The number of H-pyrrole nitrogens is 1. The summed E-state index contributed by atoms with van der Waals surface area (Å²) in [6.07, 6.45) is 0. The van der Waals surface area contributed by atoms with E-state index in [0.717, 1.165) is 5.69 Å². The Labute approximate surface area is 152 Å². The monoisotopic (exact) mass is 375 g/mol. The average molecular weight is 375 g/mol. The van der Waals surface area contributed by atoms with Crippen molar-refractivity contribution in [2.24, 2.45) is 0 Å². The van der Waals surface area contributed by atoms with Crippen LogP contribution in [0.5, 0.6) is 0 Å². The number of anilines is 1. The molecule has 0 saturated carbocycles. The number of benzene rings is 1. The number of aryl methyl sites for hydroxylation is 1. The third-order valence-corrected chi connectivity index (χ3v) is 4.96. The highest BCUT2D eigenvalue weighted by Crippen LogP contribution is 2.18. The molecule has 0 fully saturated rings. The first-order chi connectivity index (χ1) is 12.3. The maximum Gasteiger partial charge on any atom is 0.258 e. The Hall–Kier alpha value is -2.65. The normalized spacial score (nSPS) is 12.3. The van der Waals surface area contributed by atoms with Crippen LogP contribution in [0, 0.1) is 12.7 Å². The van der Waals surface area contributed by atoms with Crippen molar-refractivity contribution in [3.05, 3.63) is 51.3 Å². The maximum atomic E-state index is 13.4. The van der Waals surface area contributed by atoms with Gasteiger partial charge in [-0.15, -0.1) is 11.3 Å². The van der Waals surface area contributed by atoms with Crippen LogP contribution in [0.4, 0.5) is 9.52 Å². The second-order valence-corrected chi connectivity index (χ2v) is 6.78. The van der Waals surface area contributed by atoms with Crippen LogP contribution in [0.3, 0.4) is 0 Å². The highest BCUT2D eigenvalue weighted by atomic mass is 32.1. The van der Waals surface area contributed by atoms with Crippen molar-refractivity contribution in [3.8, 4) is 0 Å². The molecule has 0 spiro atoms. The lowest BCUT2D eigenvalue weighted by Crippen LogP contribution is -2.37. The Kier molecular flexibility index (Phi) is 5.10. The van der Waals surface area contributed by atoms with Crippen molar-refractivity contribution < 1.29 is 9.18 Å². The fourth-order valence-electron chi connectivity index (χ4n) is 2.39. The molecule has 0 saturated heterocycles. The minimum absolute atomic E-state index is 0.0428. The van der Waals surface area contributed by atoms with Crippen LogP contribution in [-0.4, -0.2) is 34.5 Å². The van der Waals surface area contributed by atoms with E-state index in [4.69, 9.17) is 0 Å². The molecular formula is C17H18FN5O2S. The lowest BCUT2D eigenvalue weighted by molar-refractivity contribution is -0.117. The largest absolute Gasteiger partial charge is 0.309 e. The molecule has 2 aromatic heterocycles. The summed E-state index contributed by atoms with van der Waals surface area (Å²) < 4.78 is 13.4. The quantitative estimate of drug-likeness (QED) is 0.713. The predicted octanol–water partition coefficient (Wildman–Crippen LogP) is 2.14. The molecule has 7 nitrogen and oxygen atoms in total. The van der Waals surface area contributed by atoms with Gasteiger partial charge in [0.25, 0.3) is 5.56 Å². The molecule has 0 radical (unpaired) electrons. The first kappa shape index (κ1) is 18.2. The summed E-state index contributed by atoms with van der Waals surface area (Å²) in [4.78, 5) is 37.1. The number of halogens is 1. The Morgan fingerprint density at radius 2 is 2.19 bits per heavy atom. The third kappa shape index (κ3) is 3.78. The number of likely N-dealkylation sites (N-methyl/N-ethyl adjacent to an activating group) is 1. The van der Waals surface area contributed by atoms with E-state index < -0.39 is 11.9 Å². The molecule has 26 heavy (non-hydrogen) atoms. The molecule has 2 heterocycles. The van der Waals surface area contributed by atoms with Crippen molar-refractivity contribution >= 4 is 33.3 Å². The number of nitrogens with one attached hydrogen (secondary N) is 2. The molecule has 0 aliphatic rings. The fourth-order valence-corrected chi connectivity index (χ4v) is 3.18. The minimum atomic E-state index is -0.460. The third-order valence-electron chi connectivity index (χ3n) is 3.92. The number of hydrogen-bond donors (Lipinski definition) is 2. The summed E-state index contributed by atoms with van der Waals surface area (Å²) in [6.45, 7) is 3.68. The molecule has 0 bridgehead atoms. The van der Waals surface area contributed by atoms with Gasteiger partial charge in [-0.05, 0) is 26.0 Å². The smallest absolute Gasteiger partial charge is 0.258 e. The number of thiazole rings is 1. The van der Waals surface area contributed by atoms with E-state index in [1.807, 2.05) is 12.3 Å². The van der Waals surface area contributed by atoms with E-state index in [-0.39, 0.29) is 23.5 Å². The van der Waals surface area contributed by atoms with Crippen molar-refractivity contribution in [1.29, 1.82) is 0 Å². The zero-order valence-electron chi connectivity index (χ0n) is 14.5.